The second-order valence-electron chi connectivity index (χ2n) is 3.95. The molecule has 0 aliphatic heterocycles. The zero-order chi connectivity index (χ0) is 15.4. The lowest BCUT2D eigenvalue weighted by atomic mass is 10.2. The summed E-state index contributed by atoms with van der Waals surface area (Å²) in [5, 5.41) is 26.8. The van der Waals surface area contributed by atoms with Gasteiger partial charge in [-0.2, -0.15) is 5.26 Å². The molecule has 0 saturated carbocycles. The molecule has 0 atom stereocenters. The van der Waals surface area contributed by atoms with E-state index in [-0.39, 0.29) is 16.9 Å². The van der Waals surface area contributed by atoms with Gasteiger partial charge < -0.3 is 10.4 Å². The number of carboxylic acids is 1. The normalized spacial score (nSPS) is 9.90. The van der Waals surface area contributed by atoms with Crippen molar-refractivity contribution < 1.29 is 19.1 Å². The molecule has 2 N–H and O–H groups in total. The second kappa shape index (κ2) is 5.79. The molecule has 0 bridgehead atoms. The molecular formula is C12H8FN5O3. The zero-order valence-corrected chi connectivity index (χ0v) is 10.4. The fourth-order valence-corrected chi connectivity index (χ4v) is 1.52. The minimum Gasteiger partial charge on any atom is -0.480 e. The Morgan fingerprint density at radius 2 is 2.24 bits per heavy atom. The van der Waals surface area contributed by atoms with Crippen molar-refractivity contribution >= 4 is 17.6 Å². The van der Waals surface area contributed by atoms with E-state index in [9.17, 15) is 14.0 Å². The summed E-state index contributed by atoms with van der Waals surface area (Å²) in [6.45, 7) is -0.430. The maximum Gasteiger partial charge on any atom is 0.325 e. The number of aromatic nitrogens is 3. The van der Waals surface area contributed by atoms with Crippen LogP contribution in [0.2, 0.25) is 0 Å². The Morgan fingerprint density at radius 1 is 1.48 bits per heavy atom. The summed E-state index contributed by atoms with van der Waals surface area (Å²) in [6.07, 6.45) is 1.15. The van der Waals surface area contributed by atoms with Gasteiger partial charge in [0.25, 0.3) is 5.91 Å². The van der Waals surface area contributed by atoms with Gasteiger partial charge >= 0.3 is 5.97 Å². The third kappa shape index (κ3) is 3.38. The van der Waals surface area contributed by atoms with E-state index in [0.717, 1.165) is 23.0 Å². The highest BCUT2D eigenvalue weighted by molar-refractivity contribution is 6.03. The Bertz CT molecular complexity index is 750. The van der Waals surface area contributed by atoms with Gasteiger partial charge in [0.15, 0.2) is 5.69 Å². The first kappa shape index (κ1) is 14.1. The molecule has 1 aromatic heterocycles. The van der Waals surface area contributed by atoms with Crippen LogP contribution in [0.4, 0.5) is 10.1 Å². The quantitative estimate of drug-likeness (QED) is 0.851. The number of amides is 1. The zero-order valence-electron chi connectivity index (χ0n) is 10.4. The molecule has 1 amide bonds. The van der Waals surface area contributed by atoms with Crippen LogP contribution in [0.1, 0.15) is 16.1 Å². The molecule has 106 valence electrons. The molecule has 1 aromatic carbocycles. The Morgan fingerprint density at radius 3 is 2.90 bits per heavy atom. The summed E-state index contributed by atoms with van der Waals surface area (Å²) in [5.41, 5.74) is -0.0394. The van der Waals surface area contributed by atoms with Gasteiger partial charge in [-0.1, -0.05) is 5.21 Å². The Balaban J connectivity index is 2.17. The topological polar surface area (TPSA) is 121 Å². The predicted octanol–water partition coefficient (Wildman–Crippen LogP) is 0.626. The third-order valence-electron chi connectivity index (χ3n) is 2.42. The van der Waals surface area contributed by atoms with Crippen LogP contribution in [0.5, 0.6) is 0 Å². The first-order chi connectivity index (χ1) is 9.99. The van der Waals surface area contributed by atoms with Crippen molar-refractivity contribution in [2.45, 2.75) is 6.54 Å². The fraction of sp³-hybridized carbons (Fsp3) is 0.0833. The van der Waals surface area contributed by atoms with Crippen LogP contribution < -0.4 is 5.32 Å². The summed E-state index contributed by atoms with van der Waals surface area (Å²) < 4.78 is 14.0. The van der Waals surface area contributed by atoms with Gasteiger partial charge in [0, 0.05) is 0 Å². The summed E-state index contributed by atoms with van der Waals surface area (Å²) in [4.78, 5) is 22.4. The highest BCUT2D eigenvalue weighted by Gasteiger charge is 2.14. The molecule has 0 fully saturated rings. The smallest absolute Gasteiger partial charge is 0.325 e. The first-order valence-electron chi connectivity index (χ1n) is 5.62. The Labute approximate surface area is 117 Å². The molecule has 0 aliphatic carbocycles. The molecule has 8 nitrogen and oxygen atoms in total. The van der Waals surface area contributed by atoms with E-state index in [4.69, 9.17) is 10.4 Å². The number of carboxylic acid groups (broad SMARTS) is 1. The number of nitrogens with zero attached hydrogens (tertiary/aromatic N) is 4. The monoisotopic (exact) mass is 289 g/mol. The number of benzene rings is 1. The third-order valence-corrected chi connectivity index (χ3v) is 2.42. The number of halogens is 1. The molecule has 0 spiro atoms. The SMILES string of the molecule is N#Cc1cc(F)ccc1NC(=O)c1cn(CC(=O)O)nn1. The highest BCUT2D eigenvalue weighted by atomic mass is 19.1. The van der Waals surface area contributed by atoms with Crippen LogP contribution in [0.15, 0.2) is 24.4 Å². The molecule has 0 aliphatic rings. The average molecular weight is 289 g/mol. The van der Waals surface area contributed by atoms with Crippen LogP contribution in [0.3, 0.4) is 0 Å². The Kier molecular flexibility index (Phi) is 3.90. The fourth-order valence-electron chi connectivity index (χ4n) is 1.52. The van der Waals surface area contributed by atoms with Crippen molar-refractivity contribution in [1.29, 1.82) is 5.26 Å². The van der Waals surface area contributed by atoms with Gasteiger partial charge in [0.1, 0.15) is 18.4 Å². The number of aliphatic carboxylic acids is 1. The van der Waals surface area contributed by atoms with Gasteiger partial charge in [-0.15, -0.1) is 5.10 Å². The maximum atomic E-state index is 13.0. The van der Waals surface area contributed by atoms with Crippen molar-refractivity contribution in [3.05, 3.63) is 41.5 Å². The number of nitriles is 1. The van der Waals surface area contributed by atoms with E-state index in [1.807, 2.05) is 0 Å². The van der Waals surface area contributed by atoms with Crippen molar-refractivity contribution in [2.24, 2.45) is 0 Å². The van der Waals surface area contributed by atoms with Gasteiger partial charge in [0.05, 0.1) is 17.4 Å². The lowest BCUT2D eigenvalue weighted by molar-refractivity contribution is -0.137. The maximum absolute atomic E-state index is 13.0. The van der Waals surface area contributed by atoms with Crippen LogP contribution in [0, 0.1) is 17.1 Å². The number of anilines is 1. The number of carbonyl (C=O) groups excluding carboxylic acids is 1. The van der Waals surface area contributed by atoms with Gasteiger partial charge in [-0.3, -0.25) is 9.59 Å². The number of rotatable bonds is 4. The number of hydrogen-bond acceptors (Lipinski definition) is 5. The summed E-state index contributed by atoms with van der Waals surface area (Å²) >= 11 is 0. The summed E-state index contributed by atoms with van der Waals surface area (Å²) in [5.74, 6) is -2.41. The van der Waals surface area contributed by atoms with Crippen molar-refractivity contribution in [3.63, 3.8) is 0 Å². The van der Waals surface area contributed by atoms with Crippen molar-refractivity contribution in [2.75, 3.05) is 5.32 Å². The van der Waals surface area contributed by atoms with Gasteiger partial charge in [-0.25, -0.2) is 9.07 Å². The molecule has 0 saturated heterocycles. The Hall–Kier alpha value is -3.28. The lowest BCUT2D eigenvalue weighted by Gasteiger charge is -2.04. The van der Waals surface area contributed by atoms with E-state index in [0.29, 0.717) is 0 Å². The molecular weight excluding hydrogens is 281 g/mol. The van der Waals surface area contributed by atoms with E-state index in [1.165, 1.54) is 6.07 Å². The lowest BCUT2D eigenvalue weighted by Crippen LogP contribution is -2.13. The van der Waals surface area contributed by atoms with Gasteiger partial charge in [-0.05, 0) is 18.2 Å². The molecule has 2 rings (SSSR count). The van der Waals surface area contributed by atoms with Crippen molar-refractivity contribution in [1.82, 2.24) is 15.0 Å². The average Bonchev–Trinajstić information content (AvgIpc) is 2.88. The standard InChI is InChI=1S/C12H8FN5O3/c13-8-1-2-9(7(3-8)4-14)15-12(21)10-5-18(17-16-10)6-11(19)20/h1-3,5H,6H2,(H,15,21)(H,19,20). The van der Waals surface area contributed by atoms with E-state index in [2.05, 4.69) is 15.6 Å². The molecule has 2 aromatic rings. The number of nitrogens with one attached hydrogen (secondary N) is 1. The minimum atomic E-state index is -1.13. The van der Waals surface area contributed by atoms with E-state index in [1.54, 1.807) is 6.07 Å². The van der Waals surface area contributed by atoms with Crippen LogP contribution in [-0.4, -0.2) is 32.0 Å². The van der Waals surface area contributed by atoms with E-state index < -0.39 is 24.2 Å². The molecule has 9 heteroatoms. The minimum absolute atomic E-state index is 0.0405. The largest absolute Gasteiger partial charge is 0.480 e. The van der Waals surface area contributed by atoms with Crippen molar-refractivity contribution in [3.8, 4) is 6.07 Å². The van der Waals surface area contributed by atoms with E-state index >= 15 is 0 Å². The van der Waals surface area contributed by atoms with Gasteiger partial charge in [0.2, 0.25) is 0 Å². The second-order valence-corrected chi connectivity index (χ2v) is 3.95. The highest BCUT2D eigenvalue weighted by Crippen LogP contribution is 2.16. The molecule has 0 unspecified atom stereocenters. The first-order valence-corrected chi connectivity index (χ1v) is 5.62. The molecule has 21 heavy (non-hydrogen) atoms. The van der Waals surface area contributed by atoms with Crippen LogP contribution >= 0.6 is 0 Å². The number of hydrogen-bond donors (Lipinski definition) is 2. The van der Waals surface area contributed by atoms with Crippen LogP contribution in [0.25, 0.3) is 0 Å². The molecule has 1 heterocycles. The molecule has 0 radical (unpaired) electrons. The summed E-state index contributed by atoms with van der Waals surface area (Å²) in [6, 6.07) is 5.07. The summed E-state index contributed by atoms with van der Waals surface area (Å²) in [7, 11) is 0. The number of carbonyl (C=O) groups is 2. The predicted molar refractivity (Wildman–Crippen MR) is 66.7 cm³/mol. The van der Waals surface area contributed by atoms with Crippen LogP contribution in [-0.2, 0) is 11.3 Å².